The maximum Gasteiger partial charge on any atom is 0.252 e. The Kier molecular flexibility index (Phi) is 7.80. The number of ether oxygens (including phenoxy) is 1. The minimum atomic E-state index is -1.36. The van der Waals surface area contributed by atoms with Crippen molar-refractivity contribution >= 4 is 6.16 Å². The molecule has 0 spiro atoms. The van der Waals surface area contributed by atoms with Crippen LogP contribution in [0.2, 0.25) is 0 Å². The van der Waals surface area contributed by atoms with Gasteiger partial charge in [0.15, 0.2) is 0 Å². The van der Waals surface area contributed by atoms with E-state index in [1.54, 1.807) is 0 Å². The van der Waals surface area contributed by atoms with E-state index in [0.29, 0.717) is 11.3 Å². The molecule has 4 rings (SSSR count). The van der Waals surface area contributed by atoms with Crippen molar-refractivity contribution in [2.24, 2.45) is 52.3 Å². The van der Waals surface area contributed by atoms with Gasteiger partial charge in [-0.15, -0.1) is 0 Å². The Morgan fingerprint density at radius 1 is 1.15 bits per heavy atom. The van der Waals surface area contributed by atoms with Crippen LogP contribution in [-0.2, 0) is 4.74 Å². The number of carboxylic acid groups (broad SMARTS) is 1. The Bertz CT molecular complexity index is 756. The van der Waals surface area contributed by atoms with Gasteiger partial charge >= 0.3 is 0 Å². The molecule has 1 unspecified atom stereocenters. The number of allylic oxidation sites excluding steroid dienone is 1. The summed E-state index contributed by atoms with van der Waals surface area (Å²) in [5.74, 6) is 5.49. The first kappa shape index (κ1) is 26.1. The summed E-state index contributed by atoms with van der Waals surface area (Å²) in [5.41, 5.74) is 2.23. The fourth-order valence-corrected chi connectivity index (χ4v) is 9.87. The second-order valence-corrected chi connectivity index (χ2v) is 13.6. The second kappa shape index (κ2) is 10.2. The minimum absolute atomic E-state index is 0.214. The molecule has 3 fully saturated rings. The highest BCUT2D eigenvalue weighted by Crippen LogP contribution is 2.68. The number of carbonyl (C=O) groups excluding carboxylic acids is 1. The van der Waals surface area contributed by atoms with Gasteiger partial charge in [-0.25, -0.2) is 0 Å². The van der Waals surface area contributed by atoms with Gasteiger partial charge in [0.1, 0.15) is 0 Å². The molecule has 0 N–H and O–H groups in total. The van der Waals surface area contributed by atoms with Crippen molar-refractivity contribution < 1.29 is 14.6 Å². The normalized spacial score (nSPS) is 42.4. The second-order valence-electron chi connectivity index (χ2n) is 13.6. The van der Waals surface area contributed by atoms with Crippen molar-refractivity contribution in [1.82, 2.24) is 0 Å². The first-order valence-corrected chi connectivity index (χ1v) is 14.7. The van der Waals surface area contributed by atoms with E-state index in [1.165, 1.54) is 63.4 Å². The van der Waals surface area contributed by atoms with E-state index < -0.39 is 6.16 Å². The molecule has 0 aromatic rings. The van der Waals surface area contributed by atoms with Crippen LogP contribution in [-0.4, -0.2) is 12.3 Å². The first-order chi connectivity index (χ1) is 16.1. The molecule has 3 saturated carbocycles. The molecule has 9 atom stereocenters. The van der Waals surface area contributed by atoms with Gasteiger partial charge in [-0.3, -0.25) is 0 Å². The van der Waals surface area contributed by atoms with Crippen LogP contribution >= 0.6 is 0 Å². The van der Waals surface area contributed by atoms with E-state index in [1.807, 2.05) is 0 Å². The zero-order valence-electron chi connectivity index (χ0n) is 22.9. The van der Waals surface area contributed by atoms with E-state index >= 15 is 0 Å². The van der Waals surface area contributed by atoms with Crippen molar-refractivity contribution in [2.75, 3.05) is 0 Å². The maximum atomic E-state index is 11.2. The van der Waals surface area contributed by atoms with E-state index in [0.717, 1.165) is 54.8 Å². The topological polar surface area (TPSA) is 49.4 Å². The summed E-state index contributed by atoms with van der Waals surface area (Å²) >= 11 is 0. The molecule has 4 aliphatic rings. The molecule has 0 aromatic heterocycles. The lowest BCUT2D eigenvalue weighted by molar-refractivity contribution is -0.289. The lowest BCUT2D eigenvalue weighted by Crippen LogP contribution is -2.54. The molecule has 3 heteroatoms. The van der Waals surface area contributed by atoms with Crippen molar-refractivity contribution in [3.8, 4) is 0 Å². The van der Waals surface area contributed by atoms with Gasteiger partial charge in [-0.05, 0) is 104 Å². The van der Waals surface area contributed by atoms with Crippen molar-refractivity contribution in [1.29, 1.82) is 0 Å². The fourth-order valence-electron chi connectivity index (χ4n) is 9.87. The van der Waals surface area contributed by atoms with E-state index in [4.69, 9.17) is 4.74 Å². The van der Waals surface area contributed by atoms with Gasteiger partial charge < -0.3 is 14.6 Å². The number of rotatable bonds is 8. The van der Waals surface area contributed by atoms with Gasteiger partial charge in [0.25, 0.3) is 6.16 Å². The van der Waals surface area contributed by atoms with Gasteiger partial charge in [0.2, 0.25) is 0 Å². The smallest absolute Gasteiger partial charge is 0.252 e. The third-order valence-corrected chi connectivity index (χ3v) is 11.5. The lowest BCUT2D eigenvalue weighted by atomic mass is 9.44. The molecular formula is C31H51O3-. The van der Waals surface area contributed by atoms with Gasteiger partial charge in [0.05, 0.1) is 0 Å². The Balaban J connectivity index is 1.54. The summed E-state index contributed by atoms with van der Waals surface area (Å²) in [5, 5.41) is 11.2. The van der Waals surface area contributed by atoms with Crippen LogP contribution in [0.1, 0.15) is 119 Å². The highest BCUT2D eigenvalue weighted by atomic mass is 16.7. The summed E-state index contributed by atoms with van der Waals surface area (Å²) in [6, 6.07) is 0. The molecule has 0 aromatic carbocycles. The van der Waals surface area contributed by atoms with Crippen LogP contribution in [0.25, 0.3) is 0 Å². The number of fused-ring (bicyclic) bond motifs is 5. The van der Waals surface area contributed by atoms with Crippen molar-refractivity contribution in [2.45, 2.75) is 125 Å². The molecule has 0 bridgehead atoms. The Morgan fingerprint density at radius 2 is 1.91 bits per heavy atom. The third kappa shape index (κ3) is 4.59. The van der Waals surface area contributed by atoms with Gasteiger partial charge in [-0.2, -0.15) is 0 Å². The molecule has 0 radical (unpaired) electrons. The Morgan fingerprint density at radius 3 is 2.59 bits per heavy atom. The van der Waals surface area contributed by atoms with Crippen molar-refractivity contribution in [3.63, 3.8) is 0 Å². The number of hydrogen-bond acceptors (Lipinski definition) is 3. The van der Waals surface area contributed by atoms with Gasteiger partial charge in [0, 0.05) is 6.10 Å². The van der Waals surface area contributed by atoms with Crippen LogP contribution < -0.4 is 5.11 Å². The quantitative estimate of drug-likeness (QED) is 0.268. The molecule has 0 heterocycles. The minimum Gasteiger partial charge on any atom is -0.546 e. The van der Waals surface area contributed by atoms with Crippen LogP contribution in [0.15, 0.2) is 11.6 Å². The molecule has 0 aliphatic heterocycles. The standard InChI is InChI=1S/C31H52O3/c1-7-9-22-18-24(34-29(32)33)19-23-12-13-25-27-15-14-26(21(4)11-8-10-20(2)3)30(27,5)17-16-28(25)31(22,23)6/h12,20-22,24-28H,7-11,13-19H2,1-6H3,(H,32,33)/p-1/t21-,22?,24+,25+,26-,27+,28+,30-,31+/m1/s1. The number of carbonyl (C=O) groups is 1. The maximum absolute atomic E-state index is 11.2. The summed E-state index contributed by atoms with van der Waals surface area (Å²) in [6.45, 7) is 14.8. The molecule has 0 saturated heterocycles. The zero-order chi connectivity index (χ0) is 24.7. The van der Waals surface area contributed by atoms with Crippen molar-refractivity contribution in [3.05, 3.63) is 11.6 Å². The average molecular weight is 472 g/mol. The summed E-state index contributed by atoms with van der Waals surface area (Å²) in [6.07, 6.45) is 15.9. The van der Waals surface area contributed by atoms with Crippen LogP contribution in [0.5, 0.6) is 0 Å². The van der Waals surface area contributed by atoms with Crippen LogP contribution in [0, 0.1) is 52.3 Å². The molecule has 34 heavy (non-hydrogen) atoms. The average Bonchev–Trinajstić information content (AvgIpc) is 3.11. The van der Waals surface area contributed by atoms with Crippen LogP contribution in [0.3, 0.4) is 0 Å². The molecule has 3 nitrogen and oxygen atoms in total. The van der Waals surface area contributed by atoms with Crippen LogP contribution in [0.4, 0.5) is 4.79 Å². The highest BCUT2D eigenvalue weighted by molar-refractivity contribution is 5.54. The molecule has 4 aliphatic carbocycles. The fraction of sp³-hybridized carbons (Fsp3) is 0.903. The summed E-state index contributed by atoms with van der Waals surface area (Å²) in [7, 11) is 0. The largest absolute Gasteiger partial charge is 0.546 e. The highest BCUT2D eigenvalue weighted by Gasteiger charge is 2.60. The third-order valence-electron chi connectivity index (χ3n) is 11.5. The lowest BCUT2D eigenvalue weighted by Gasteiger charge is -2.61. The predicted octanol–water partition coefficient (Wildman–Crippen LogP) is 7.78. The summed E-state index contributed by atoms with van der Waals surface area (Å²) in [4.78, 5) is 11.2. The first-order valence-electron chi connectivity index (χ1n) is 14.7. The number of hydrogen-bond donors (Lipinski definition) is 0. The molecule has 0 amide bonds. The Hall–Kier alpha value is -0.990. The predicted molar refractivity (Wildman–Crippen MR) is 137 cm³/mol. The van der Waals surface area contributed by atoms with E-state index in [-0.39, 0.29) is 11.5 Å². The summed E-state index contributed by atoms with van der Waals surface area (Å²) < 4.78 is 5.24. The molecule has 194 valence electrons. The zero-order valence-corrected chi connectivity index (χ0v) is 22.9. The molecular weight excluding hydrogens is 420 g/mol. The van der Waals surface area contributed by atoms with Gasteiger partial charge in [-0.1, -0.05) is 78.9 Å². The SMILES string of the molecule is CCCC1C[C@H](OC(=O)[O-])CC2=CC[C@H]3[C@@H]4CC[C@H]([C@H](C)CCCC(C)C)[C@@]4(C)CC[C@@H]3[C@]21C. The van der Waals surface area contributed by atoms with E-state index in [2.05, 4.69) is 47.6 Å². The monoisotopic (exact) mass is 471 g/mol. The Labute approximate surface area is 209 Å². The van der Waals surface area contributed by atoms with E-state index in [9.17, 15) is 9.90 Å².